The van der Waals surface area contributed by atoms with E-state index >= 15 is 0 Å². The quantitative estimate of drug-likeness (QED) is 0.710. The summed E-state index contributed by atoms with van der Waals surface area (Å²) < 4.78 is 38.5. The van der Waals surface area contributed by atoms with E-state index in [0.717, 1.165) is 43.9 Å². The van der Waals surface area contributed by atoms with Crippen molar-refractivity contribution in [1.82, 2.24) is 9.62 Å². The summed E-state index contributed by atoms with van der Waals surface area (Å²) in [5.41, 5.74) is 1.12. The lowest BCUT2D eigenvalue weighted by Gasteiger charge is -2.28. The zero-order valence-corrected chi connectivity index (χ0v) is 16.3. The monoisotopic (exact) mass is 382 g/mol. The van der Waals surface area contributed by atoms with Gasteiger partial charge in [-0.25, -0.2) is 13.1 Å². The van der Waals surface area contributed by atoms with Gasteiger partial charge in [-0.3, -0.25) is 4.90 Å². The lowest BCUT2D eigenvalue weighted by molar-refractivity contribution is 0.108. The van der Waals surface area contributed by atoms with Gasteiger partial charge in [0.2, 0.25) is 10.0 Å². The Morgan fingerprint density at radius 1 is 1.23 bits per heavy atom. The Morgan fingerprint density at radius 3 is 2.58 bits per heavy atom. The van der Waals surface area contributed by atoms with Gasteiger partial charge in [0.05, 0.1) is 19.0 Å². The molecule has 3 rings (SSSR count). The fourth-order valence-electron chi connectivity index (χ4n) is 3.77. The standard InChI is InChI=1S/C19H30N2O4S/c1-24-17-8-6-16(7-9-17)19(21-11-2-3-12-21)15-20-26(22,23)14-10-18-5-4-13-25-18/h6-9,18-20H,2-5,10-15H2,1H3/t18-,19-/m0/s1. The summed E-state index contributed by atoms with van der Waals surface area (Å²) in [5.74, 6) is 0.943. The van der Waals surface area contributed by atoms with Gasteiger partial charge in [0, 0.05) is 19.2 Å². The molecular formula is C19H30N2O4S. The third kappa shape index (κ3) is 5.42. The molecule has 1 aromatic rings. The number of nitrogens with zero attached hydrogens (tertiary/aromatic N) is 1. The topological polar surface area (TPSA) is 67.9 Å². The van der Waals surface area contributed by atoms with Crippen LogP contribution in [0.25, 0.3) is 0 Å². The number of nitrogens with one attached hydrogen (secondary N) is 1. The molecular weight excluding hydrogens is 352 g/mol. The highest BCUT2D eigenvalue weighted by molar-refractivity contribution is 7.89. The minimum Gasteiger partial charge on any atom is -0.497 e. The summed E-state index contributed by atoms with van der Waals surface area (Å²) in [6.45, 7) is 3.18. The Hall–Kier alpha value is -1.15. The molecule has 0 saturated carbocycles. The smallest absolute Gasteiger partial charge is 0.211 e. The Labute approximate surface area is 156 Å². The van der Waals surface area contributed by atoms with Crippen molar-refractivity contribution >= 4 is 10.0 Å². The summed E-state index contributed by atoms with van der Waals surface area (Å²) in [5, 5.41) is 0. The van der Waals surface area contributed by atoms with Crippen LogP contribution in [0.15, 0.2) is 24.3 Å². The number of hydrogen-bond acceptors (Lipinski definition) is 5. The second kappa shape index (κ2) is 9.17. The molecule has 1 aromatic carbocycles. The van der Waals surface area contributed by atoms with Crippen molar-refractivity contribution in [1.29, 1.82) is 0 Å². The molecule has 0 aromatic heterocycles. The van der Waals surface area contributed by atoms with Crippen molar-refractivity contribution in [3.05, 3.63) is 29.8 Å². The molecule has 26 heavy (non-hydrogen) atoms. The molecule has 0 amide bonds. The number of methoxy groups -OCH3 is 1. The van der Waals surface area contributed by atoms with Crippen molar-refractivity contribution < 1.29 is 17.9 Å². The molecule has 7 heteroatoms. The van der Waals surface area contributed by atoms with Gasteiger partial charge in [-0.2, -0.15) is 0 Å². The van der Waals surface area contributed by atoms with Gasteiger partial charge < -0.3 is 9.47 Å². The first-order valence-electron chi connectivity index (χ1n) is 9.54. The first-order valence-corrected chi connectivity index (χ1v) is 11.2. The van der Waals surface area contributed by atoms with Gasteiger partial charge in [-0.1, -0.05) is 12.1 Å². The van der Waals surface area contributed by atoms with E-state index in [9.17, 15) is 8.42 Å². The third-order valence-corrected chi connectivity index (χ3v) is 6.69. The zero-order chi connectivity index (χ0) is 18.4. The summed E-state index contributed by atoms with van der Waals surface area (Å²) in [7, 11) is -1.65. The number of hydrogen-bond donors (Lipinski definition) is 1. The summed E-state index contributed by atoms with van der Waals surface area (Å²) in [6, 6.07) is 7.99. The van der Waals surface area contributed by atoms with Crippen LogP contribution in [0.3, 0.4) is 0 Å². The van der Waals surface area contributed by atoms with Gasteiger partial charge in [-0.05, 0) is 62.9 Å². The Balaban J connectivity index is 1.61. The molecule has 0 radical (unpaired) electrons. The molecule has 0 aliphatic carbocycles. The predicted molar refractivity (Wildman–Crippen MR) is 102 cm³/mol. The van der Waals surface area contributed by atoms with Crippen LogP contribution < -0.4 is 9.46 Å². The van der Waals surface area contributed by atoms with Crippen molar-refractivity contribution in [2.24, 2.45) is 0 Å². The van der Waals surface area contributed by atoms with Crippen molar-refractivity contribution in [3.8, 4) is 5.75 Å². The van der Waals surface area contributed by atoms with E-state index in [0.29, 0.717) is 13.0 Å². The molecule has 1 N–H and O–H groups in total. The summed E-state index contributed by atoms with van der Waals surface area (Å²) in [4.78, 5) is 2.37. The van der Waals surface area contributed by atoms with Gasteiger partial charge in [-0.15, -0.1) is 0 Å². The molecule has 2 atom stereocenters. The number of ether oxygens (including phenoxy) is 2. The van der Waals surface area contributed by atoms with Gasteiger partial charge in [0.25, 0.3) is 0 Å². The fourth-order valence-corrected chi connectivity index (χ4v) is 4.90. The molecule has 0 spiro atoms. The number of benzene rings is 1. The predicted octanol–water partition coefficient (Wildman–Crippen LogP) is 2.32. The lowest BCUT2D eigenvalue weighted by Crippen LogP contribution is -2.38. The Bertz CT molecular complexity index is 651. The van der Waals surface area contributed by atoms with Gasteiger partial charge in [0.15, 0.2) is 0 Å². The Kier molecular flexibility index (Phi) is 6.92. The first kappa shape index (κ1) is 19.6. The van der Waals surface area contributed by atoms with Crippen molar-refractivity contribution in [3.63, 3.8) is 0 Å². The van der Waals surface area contributed by atoms with Gasteiger partial charge >= 0.3 is 0 Å². The van der Waals surface area contributed by atoms with Crippen LogP contribution in [-0.4, -0.2) is 58.5 Å². The summed E-state index contributed by atoms with van der Waals surface area (Å²) in [6.07, 6.45) is 5.01. The highest BCUT2D eigenvalue weighted by atomic mass is 32.2. The average molecular weight is 383 g/mol. The van der Waals surface area contributed by atoms with Crippen molar-refractivity contribution in [2.45, 2.75) is 44.2 Å². The van der Waals surface area contributed by atoms with E-state index < -0.39 is 10.0 Å². The minimum absolute atomic E-state index is 0.0564. The molecule has 2 aliphatic heterocycles. The van der Waals surface area contributed by atoms with Crippen LogP contribution in [0, 0.1) is 0 Å². The maximum atomic E-state index is 12.4. The highest BCUT2D eigenvalue weighted by Crippen LogP contribution is 2.26. The van der Waals surface area contributed by atoms with E-state index in [1.54, 1.807) is 7.11 Å². The SMILES string of the molecule is COc1ccc([C@H](CNS(=O)(=O)CC[C@@H]2CCCO2)N2CCCC2)cc1. The third-order valence-electron chi connectivity index (χ3n) is 5.31. The van der Waals surface area contributed by atoms with Crippen LogP contribution in [0.4, 0.5) is 0 Å². The number of likely N-dealkylation sites (tertiary alicyclic amines) is 1. The van der Waals surface area contributed by atoms with Gasteiger partial charge in [0.1, 0.15) is 5.75 Å². The van der Waals surface area contributed by atoms with E-state index in [2.05, 4.69) is 9.62 Å². The number of rotatable bonds is 9. The normalized spacial score (nSPS) is 22.6. The highest BCUT2D eigenvalue weighted by Gasteiger charge is 2.26. The molecule has 2 heterocycles. The van der Waals surface area contributed by atoms with Crippen molar-refractivity contribution in [2.75, 3.05) is 39.1 Å². The van der Waals surface area contributed by atoms with E-state index in [-0.39, 0.29) is 17.9 Å². The van der Waals surface area contributed by atoms with E-state index in [1.807, 2.05) is 24.3 Å². The molecule has 6 nitrogen and oxygen atoms in total. The van der Waals surface area contributed by atoms with Crippen LogP contribution >= 0.6 is 0 Å². The van der Waals surface area contributed by atoms with Crippen LogP contribution in [-0.2, 0) is 14.8 Å². The lowest BCUT2D eigenvalue weighted by atomic mass is 10.1. The largest absolute Gasteiger partial charge is 0.497 e. The maximum absolute atomic E-state index is 12.4. The number of sulfonamides is 1. The van der Waals surface area contributed by atoms with E-state index in [4.69, 9.17) is 9.47 Å². The van der Waals surface area contributed by atoms with Crippen LogP contribution in [0.2, 0.25) is 0 Å². The first-order chi connectivity index (χ1) is 12.6. The maximum Gasteiger partial charge on any atom is 0.211 e. The molecule has 0 bridgehead atoms. The molecule has 146 valence electrons. The average Bonchev–Trinajstić information content (AvgIpc) is 3.35. The van der Waals surface area contributed by atoms with Crippen LogP contribution in [0.5, 0.6) is 5.75 Å². The zero-order valence-electron chi connectivity index (χ0n) is 15.5. The minimum atomic E-state index is -3.30. The second-order valence-electron chi connectivity index (χ2n) is 7.12. The molecule has 0 unspecified atom stereocenters. The Morgan fingerprint density at radius 2 is 1.96 bits per heavy atom. The second-order valence-corrected chi connectivity index (χ2v) is 9.05. The fraction of sp³-hybridized carbons (Fsp3) is 0.684. The van der Waals surface area contributed by atoms with Crippen LogP contribution in [0.1, 0.15) is 43.7 Å². The summed E-state index contributed by atoms with van der Waals surface area (Å²) >= 11 is 0. The molecule has 2 fully saturated rings. The molecule has 2 saturated heterocycles. The molecule has 2 aliphatic rings. The van der Waals surface area contributed by atoms with E-state index in [1.165, 1.54) is 12.8 Å².